The van der Waals surface area contributed by atoms with E-state index >= 15 is 0 Å². The van der Waals surface area contributed by atoms with Crippen LogP contribution < -0.4 is 5.32 Å². The minimum absolute atomic E-state index is 0.146. The minimum atomic E-state index is -0.309. The van der Waals surface area contributed by atoms with E-state index in [2.05, 4.69) is 25.8 Å². The third-order valence-electron chi connectivity index (χ3n) is 4.78. The van der Waals surface area contributed by atoms with Gasteiger partial charge in [-0.25, -0.2) is 14.1 Å². The molecule has 7 nitrogen and oxygen atoms in total. The Balaban J connectivity index is 1.23. The lowest BCUT2D eigenvalue weighted by atomic mass is 10.2. The van der Waals surface area contributed by atoms with Gasteiger partial charge in [0.05, 0.1) is 18.2 Å². The number of thiazole rings is 1. The van der Waals surface area contributed by atoms with Gasteiger partial charge in [-0.3, -0.25) is 4.79 Å². The molecule has 1 amide bonds. The molecule has 2 aromatic heterocycles. The highest BCUT2D eigenvalue weighted by Gasteiger charge is 2.28. The fraction of sp³-hybridized carbons (Fsp3) is 0.190. The van der Waals surface area contributed by atoms with E-state index in [0.717, 1.165) is 24.2 Å². The molecule has 30 heavy (non-hydrogen) atoms. The van der Waals surface area contributed by atoms with Crippen LogP contribution in [0.1, 0.15) is 24.6 Å². The first-order valence-corrected chi connectivity index (χ1v) is 10.4. The van der Waals surface area contributed by atoms with E-state index in [9.17, 15) is 9.18 Å². The number of amides is 1. The summed E-state index contributed by atoms with van der Waals surface area (Å²) in [6.45, 7) is 0. The molecule has 0 aliphatic heterocycles. The van der Waals surface area contributed by atoms with E-state index in [0.29, 0.717) is 28.0 Å². The highest BCUT2D eigenvalue weighted by molar-refractivity contribution is 7.13. The second kappa shape index (κ2) is 7.75. The standard InChI is InChI=1S/C21H17FN6OS/c22-15-3-1-2-14(10-15)21-24-17(12-30-21)11-19(29)23-16-6-4-13(5-7-16)20-25-26-27-28(20)18-8-9-18/h1-7,10,12,18H,8-9,11H2,(H,23,29). The van der Waals surface area contributed by atoms with Crippen LogP contribution in [0.2, 0.25) is 0 Å². The summed E-state index contributed by atoms with van der Waals surface area (Å²) < 4.78 is 15.2. The van der Waals surface area contributed by atoms with Crippen molar-refractivity contribution in [2.75, 3.05) is 5.32 Å². The monoisotopic (exact) mass is 420 g/mol. The molecule has 1 fully saturated rings. The molecule has 0 bridgehead atoms. The van der Waals surface area contributed by atoms with Crippen molar-refractivity contribution in [1.29, 1.82) is 0 Å². The number of tetrazole rings is 1. The molecule has 1 aliphatic carbocycles. The number of hydrogen-bond donors (Lipinski definition) is 1. The number of benzene rings is 2. The van der Waals surface area contributed by atoms with Crippen LogP contribution in [0.3, 0.4) is 0 Å². The average Bonchev–Trinajstić information content (AvgIpc) is 3.28. The molecule has 0 radical (unpaired) electrons. The zero-order chi connectivity index (χ0) is 20.5. The molecule has 0 unspecified atom stereocenters. The number of hydrogen-bond acceptors (Lipinski definition) is 6. The molecule has 1 saturated carbocycles. The zero-order valence-electron chi connectivity index (χ0n) is 15.8. The molecule has 1 N–H and O–H groups in total. The normalized spacial score (nSPS) is 13.4. The van der Waals surface area contributed by atoms with Crippen molar-refractivity contribution in [1.82, 2.24) is 25.2 Å². The van der Waals surface area contributed by atoms with Crippen molar-refractivity contribution in [3.63, 3.8) is 0 Å². The third-order valence-corrected chi connectivity index (χ3v) is 5.72. The summed E-state index contributed by atoms with van der Waals surface area (Å²) in [6.07, 6.45) is 2.35. The second-order valence-corrected chi connectivity index (χ2v) is 7.99. The highest BCUT2D eigenvalue weighted by atomic mass is 32.1. The summed E-state index contributed by atoms with van der Waals surface area (Å²) >= 11 is 1.39. The molecule has 150 valence electrons. The van der Waals surface area contributed by atoms with Crippen molar-refractivity contribution < 1.29 is 9.18 Å². The maximum Gasteiger partial charge on any atom is 0.230 e. The number of carbonyl (C=O) groups excluding carboxylic acids is 1. The molecule has 9 heteroatoms. The Morgan fingerprint density at radius 1 is 1.17 bits per heavy atom. The predicted molar refractivity (Wildman–Crippen MR) is 111 cm³/mol. The van der Waals surface area contributed by atoms with Gasteiger partial charge in [-0.2, -0.15) is 0 Å². The number of nitrogens with zero attached hydrogens (tertiary/aromatic N) is 5. The molecule has 0 saturated heterocycles. The van der Waals surface area contributed by atoms with Gasteiger partial charge in [0.1, 0.15) is 10.8 Å². The highest BCUT2D eigenvalue weighted by Crippen LogP contribution is 2.36. The van der Waals surface area contributed by atoms with Crippen molar-refractivity contribution >= 4 is 22.9 Å². The third kappa shape index (κ3) is 3.97. The lowest BCUT2D eigenvalue weighted by Crippen LogP contribution is -2.14. The van der Waals surface area contributed by atoms with Crippen LogP contribution in [0.15, 0.2) is 53.9 Å². The van der Waals surface area contributed by atoms with Gasteiger partial charge in [-0.15, -0.1) is 16.4 Å². The minimum Gasteiger partial charge on any atom is -0.326 e. The number of nitrogens with one attached hydrogen (secondary N) is 1. The van der Waals surface area contributed by atoms with Crippen molar-refractivity contribution in [3.05, 3.63) is 65.4 Å². The summed E-state index contributed by atoms with van der Waals surface area (Å²) in [5, 5.41) is 17.3. The first kappa shape index (κ1) is 18.6. The second-order valence-electron chi connectivity index (χ2n) is 7.13. The van der Waals surface area contributed by atoms with Crippen molar-refractivity contribution in [3.8, 4) is 22.0 Å². The van der Waals surface area contributed by atoms with Crippen LogP contribution in [0.5, 0.6) is 0 Å². The summed E-state index contributed by atoms with van der Waals surface area (Å²) in [5.74, 6) is 0.265. The Morgan fingerprint density at radius 2 is 2.00 bits per heavy atom. The Kier molecular flexibility index (Phi) is 4.80. The van der Waals surface area contributed by atoms with Gasteiger partial charge < -0.3 is 5.32 Å². The summed E-state index contributed by atoms with van der Waals surface area (Å²) in [5.41, 5.74) is 2.95. The Labute approximate surface area is 175 Å². The number of carbonyl (C=O) groups is 1. The quantitative estimate of drug-likeness (QED) is 0.507. The molecule has 2 heterocycles. The maximum atomic E-state index is 13.4. The molecule has 5 rings (SSSR count). The number of rotatable bonds is 6. The number of aromatic nitrogens is 5. The van der Waals surface area contributed by atoms with Gasteiger partial charge in [0.2, 0.25) is 5.91 Å². The van der Waals surface area contributed by atoms with Crippen LogP contribution in [-0.2, 0) is 11.2 Å². The average molecular weight is 420 g/mol. The van der Waals surface area contributed by atoms with E-state index in [1.54, 1.807) is 12.1 Å². The number of halogens is 1. The van der Waals surface area contributed by atoms with E-state index in [1.165, 1.54) is 23.5 Å². The summed E-state index contributed by atoms with van der Waals surface area (Å²) in [6, 6.07) is 14.1. The van der Waals surface area contributed by atoms with Gasteiger partial charge in [0.25, 0.3) is 0 Å². The van der Waals surface area contributed by atoms with Crippen molar-refractivity contribution in [2.45, 2.75) is 25.3 Å². The van der Waals surface area contributed by atoms with Gasteiger partial charge in [-0.05, 0) is 59.7 Å². The summed E-state index contributed by atoms with van der Waals surface area (Å²) in [4.78, 5) is 16.9. The van der Waals surface area contributed by atoms with E-state index in [1.807, 2.05) is 34.3 Å². The lowest BCUT2D eigenvalue weighted by molar-refractivity contribution is -0.115. The fourth-order valence-corrected chi connectivity index (χ4v) is 3.98. The SMILES string of the molecule is O=C(Cc1csc(-c2cccc(F)c2)n1)Nc1ccc(-c2nnnn2C2CC2)cc1. The molecular weight excluding hydrogens is 403 g/mol. The molecule has 2 aromatic carbocycles. The van der Waals surface area contributed by atoms with Gasteiger partial charge in [0, 0.05) is 22.2 Å². The van der Waals surface area contributed by atoms with Gasteiger partial charge >= 0.3 is 0 Å². The van der Waals surface area contributed by atoms with Crippen LogP contribution >= 0.6 is 11.3 Å². The van der Waals surface area contributed by atoms with Crippen LogP contribution in [0.4, 0.5) is 10.1 Å². The largest absolute Gasteiger partial charge is 0.326 e. The number of anilines is 1. The topological polar surface area (TPSA) is 85.6 Å². The first-order chi connectivity index (χ1) is 14.7. The molecule has 4 aromatic rings. The fourth-order valence-electron chi connectivity index (χ4n) is 3.16. The molecule has 0 atom stereocenters. The van der Waals surface area contributed by atoms with Gasteiger partial charge in [-0.1, -0.05) is 12.1 Å². The van der Waals surface area contributed by atoms with Crippen LogP contribution in [-0.4, -0.2) is 31.1 Å². The first-order valence-electron chi connectivity index (χ1n) is 9.54. The Hall–Kier alpha value is -3.46. The predicted octanol–water partition coefficient (Wildman–Crippen LogP) is 4.12. The lowest BCUT2D eigenvalue weighted by Gasteiger charge is -2.06. The smallest absolute Gasteiger partial charge is 0.230 e. The van der Waals surface area contributed by atoms with Crippen molar-refractivity contribution in [2.24, 2.45) is 0 Å². The zero-order valence-corrected chi connectivity index (χ0v) is 16.6. The van der Waals surface area contributed by atoms with E-state index < -0.39 is 0 Å². The molecule has 0 spiro atoms. The van der Waals surface area contributed by atoms with E-state index in [-0.39, 0.29) is 18.1 Å². The Morgan fingerprint density at radius 3 is 2.77 bits per heavy atom. The summed E-state index contributed by atoms with van der Waals surface area (Å²) in [7, 11) is 0. The van der Waals surface area contributed by atoms with E-state index in [4.69, 9.17) is 0 Å². The molecule has 1 aliphatic rings. The molecular formula is C21H17FN6OS. The maximum absolute atomic E-state index is 13.4. The van der Waals surface area contributed by atoms with Crippen LogP contribution in [0.25, 0.3) is 22.0 Å². The van der Waals surface area contributed by atoms with Gasteiger partial charge in [0.15, 0.2) is 5.82 Å². The van der Waals surface area contributed by atoms with Crippen LogP contribution in [0, 0.1) is 5.82 Å². The Bertz CT molecular complexity index is 1200.